The minimum Gasteiger partial charge on any atom is -0.487 e. The van der Waals surface area contributed by atoms with Crippen molar-refractivity contribution in [1.82, 2.24) is 9.80 Å². The highest BCUT2D eigenvalue weighted by molar-refractivity contribution is 5.77. The van der Waals surface area contributed by atoms with Crippen molar-refractivity contribution >= 4 is 11.8 Å². The highest BCUT2D eigenvalue weighted by Gasteiger charge is 2.44. The average Bonchev–Trinajstić information content (AvgIpc) is 2.69. The number of benzene rings is 1. The standard InChI is InChI=1S/C22H32N2O3/c1-4-20(25)24-13-11-22(12-14-24)16-17(15-21(26)23(5-2)6-3)18-9-7-8-10-19(18)27-22/h7-10,17H,4-6,11-16H2,1-3H3. The van der Waals surface area contributed by atoms with Crippen LogP contribution in [0.4, 0.5) is 0 Å². The number of piperidine rings is 1. The molecule has 2 heterocycles. The van der Waals surface area contributed by atoms with Crippen molar-refractivity contribution in [2.75, 3.05) is 26.2 Å². The van der Waals surface area contributed by atoms with E-state index in [-0.39, 0.29) is 23.3 Å². The Hall–Kier alpha value is -2.04. The molecule has 0 saturated carbocycles. The Bertz CT molecular complexity index is 676. The van der Waals surface area contributed by atoms with Gasteiger partial charge in [-0.3, -0.25) is 9.59 Å². The molecule has 148 valence electrons. The van der Waals surface area contributed by atoms with E-state index < -0.39 is 0 Å². The Morgan fingerprint density at radius 1 is 1.15 bits per heavy atom. The summed E-state index contributed by atoms with van der Waals surface area (Å²) < 4.78 is 6.48. The summed E-state index contributed by atoms with van der Waals surface area (Å²) in [5.41, 5.74) is 0.892. The number of fused-ring (bicyclic) bond motifs is 1. The second kappa shape index (κ2) is 8.32. The summed E-state index contributed by atoms with van der Waals surface area (Å²) in [6.45, 7) is 8.95. The Morgan fingerprint density at radius 2 is 1.81 bits per heavy atom. The van der Waals surface area contributed by atoms with E-state index >= 15 is 0 Å². The third-order valence-electron chi connectivity index (χ3n) is 6.17. The highest BCUT2D eigenvalue weighted by Crippen LogP contribution is 2.46. The summed E-state index contributed by atoms with van der Waals surface area (Å²) in [7, 11) is 0. The van der Waals surface area contributed by atoms with Crippen molar-refractivity contribution in [3.63, 3.8) is 0 Å². The molecule has 0 N–H and O–H groups in total. The van der Waals surface area contributed by atoms with E-state index in [1.165, 1.54) is 0 Å². The summed E-state index contributed by atoms with van der Waals surface area (Å²) in [6, 6.07) is 8.14. The molecule has 1 aromatic carbocycles. The van der Waals surface area contributed by atoms with Gasteiger partial charge in [-0.05, 0) is 31.9 Å². The predicted molar refractivity (Wildman–Crippen MR) is 106 cm³/mol. The zero-order chi connectivity index (χ0) is 19.4. The van der Waals surface area contributed by atoms with Gasteiger partial charge in [0.1, 0.15) is 11.4 Å². The Kier molecular flexibility index (Phi) is 6.08. The molecule has 1 atom stereocenters. The van der Waals surface area contributed by atoms with Crippen molar-refractivity contribution < 1.29 is 14.3 Å². The van der Waals surface area contributed by atoms with Gasteiger partial charge in [-0.1, -0.05) is 25.1 Å². The van der Waals surface area contributed by atoms with E-state index in [4.69, 9.17) is 4.74 Å². The maximum Gasteiger partial charge on any atom is 0.223 e. The van der Waals surface area contributed by atoms with E-state index in [1.807, 2.05) is 48.8 Å². The number of rotatable bonds is 5. The van der Waals surface area contributed by atoms with Crippen LogP contribution < -0.4 is 4.74 Å². The number of hydrogen-bond acceptors (Lipinski definition) is 3. The molecule has 27 heavy (non-hydrogen) atoms. The molecule has 2 amide bonds. The van der Waals surface area contributed by atoms with Crippen molar-refractivity contribution in [2.24, 2.45) is 0 Å². The fraction of sp³-hybridized carbons (Fsp3) is 0.636. The number of ether oxygens (including phenoxy) is 1. The first-order valence-electron chi connectivity index (χ1n) is 10.4. The molecule has 1 aromatic rings. The number of amides is 2. The molecule has 5 heteroatoms. The summed E-state index contributed by atoms with van der Waals surface area (Å²) in [4.78, 5) is 28.6. The van der Waals surface area contributed by atoms with Gasteiger partial charge in [0.2, 0.25) is 11.8 Å². The largest absolute Gasteiger partial charge is 0.487 e. The molecular weight excluding hydrogens is 340 g/mol. The topological polar surface area (TPSA) is 49.9 Å². The lowest BCUT2D eigenvalue weighted by atomic mass is 9.76. The SMILES string of the molecule is CCC(=O)N1CCC2(CC1)CC(CC(=O)N(CC)CC)c1ccccc1O2. The molecule has 1 spiro atoms. The first kappa shape index (κ1) is 19.7. The Balaban J connectivity index is 1.79. The van der Waals surface area contributed by atoms with Gasteiger partial charge in [-0.15, -0.1) is 0 Å². The molecule has 2 aliphatic rings. The number of hydrogen-bond donors (Lipinski definition) is 0. The molecule has 1 saturated heterocycles. The molecule has 5 nitrogen and oxygen atoms in total. The number of carbonyl (C=O) groups excluding carboxylic acids is 2. The molecule has 3 rings (SSSR count). The minimum atomic E-state index is -0.257. The van der Waals surface area contributed by atoms with Gasteiger partial charge in [-0.25, -0.2) is 0 Å². The second-order valence-electron chi connectivity index (χ2n) is 7.73. The van der Waals surface area contributed by atoms with E-state index in [9.17, 15) is 9.59 Å². The maximum absolute atomic E-state index is 12.8. The van der Waals surface area contributed by atoms with Crippen LogP contribution in [-0.2, 0) is 9.59 Å². The van der Waals surface area contributed by atoms with Crippen LogP contribution in [0, 0.1) is 0 Å². The van der Waals surface area contributed by atoms with Crippen LogP contribution in [0.3, 0.4) is 0 Å². The first-order chi connectivity index (χ1) is 13.0. The van der Waals surface area contributed by atoms with Gasteiger partial charge in [0.05, 0.1) is 0 Å². The van der Waals surface area contributed by atoms with Gasteiger partial charge in [0, 0.05) is 57.8 Å². The van der Waals surface area contributed by atoms with Crippen LogP contribution in [0.5, 0.6) is 5.75 Å². The highest BCUT2D eigenvalue weighted by atomic mass is 16.5. The molecule has 1 fully saturated rings. The lowest BCUT2D eigenvalue weighted by molar-refractivity contribution is -0.135. The van der Waals surface area contributed by atoms with Gasteiger partial charge in [-0.2, -0.15) is 0 Å². The summed E-state index contributed by atoms with van der Waals surface area (Å²) in [5.74, 6) is 1.53. The third-order valence-corrected chi connectivity index (χ3v) is 6.17. The molecule has 2 aliphatic heterocycles. The molecular formula is C22H32N2O3. The van der Waals surface area contributed by atoms with Crippen molar-refractivity contribution in [3.8, 4) is 5.75 Å². The number of carbonyl (C=O) groups is 2. The molecule has 0 aliphatic carbocycles. The number of likely N-dealkylation sites (tertiary alicyclic amines) is 1. The van der Waals surface area contributed by atoms with E-state index in [0.29, 0.717) is 12.8 Å². The van der Waals surface area contributed by atoms with Crippen LogP contribution in [-0.4, -0.2) is 53.4 Å². The van der Waals surface area contributed by atoms with E-state index in [2.05, 4.69) is 6.07 Å². The van der Waals surface area contributed by atoms with E-state index in [0.717, 1.165) is 56.8 Å². The molecule has 0 aromatic heterocycles. The zero-order valence-corrected chi connectivity index (χ0v) is 16.9. The fourth-order valence-corrected chi connectivity index (χ4v) is 4.54. The monoisotopic (exact) mass is 372 g/mol. The summed E-state index contributed by atoms with van der Waals surface area (Å²) in [6.07, 6.45) is 3.61. The minimum absolute atomic E-state index is 0.177. The molecule has 0 radical (unpaired) electrons. The van der Waals surface area contributed by atoms with Gasteiger partial charge in [0.25, 0.3) is 0 Å². The van der Waals surface area contributed by atoms with Crippen LogP contribution in [0.15, 0.2) is 24.3 Å². The zero-order valence-electron chi connectivity index (χ0n) is 16.9. The summed E-state index contributed by atoms with van der Waals surface area (Å²) in [5, 5.41) is 0. The van der Waals surface area contributed by atoms with Crippen molar-refractivity contribution in [2.45, 2.75) is 64.4 Å². The number of para-hydroxylation sites is 1. The molecule has 1 unspecified atom stereocenters. The summed E-state index contributed by atoms with van der Waals surface area (Å²) >= 11 is 0. The van der Waals surface area contributed by atoms with Crippen LogP contribution in [0.2, 0.25) is 0 Å². The predicted octanol–water partition coefficient (Wildman–Crippen LogP) is 3.58. The lowest BCUT2D eigenvalue weighted by Gasteiger charge is -2.47. The second-order valence-corrected chi connectivity index (χ2v) is 7.73. The van der Waals surface area contributed by atoms with Gasteiger partial charge >= 0.3 is 0 Å². The number of nitrogens with zero attached hydrogens (tertiary/aromatic N) is 2. The lowest BCUT2D eigenvalue weighted by Crippen LogP contribution is -2.52. The van der Waals surface area contributed by atoms with Gasteiger partial charge < -0.3 is 14.5 Å². The van der Waals surface area contributed by atoms with Crippen molar-refractivity contribution in [3.05, 3.63) is 29.8 Å². The third kappa shape index (κ3) is 4.12. The fourth-order valence-electron chi connectivity index (χ4n) is 4.54. The first-order valence-corrected chi connectivity index (χ1v) is 10.4. The normalized spacial score (nSPS) is 20.7. The van der Waals surface area contributed by atoms with Gasteiger partial charge in [0.15, 0.2) is 0 Å². The van der Waals surface area contributed by atoms with Crippen molar-refractivity contribution in [1.29, 1.82) is 0 Å². The average molecular weight is 373 g/mol. The van der Waals surface area contributed by atoms with Crippen LogP contribution >= 0.6 is 0 Å². The van der Waals surface area contributed by atoms with Crippen LogP contribution in [0.1, 0.15) is 64.4 Å². The smallest absolute Gasteiger partial charge is 0.223 e. The van der Waals surface area contributed by atoms with Crippen LogP contribution in [0.25, 0.3) is 0 Å². The Morgan fingerprint density at radius 3 is 2.44 bits per heavy atom. The molecule has 0 bridgehead atoms. The van der Waals surface area contributed by atoms with E-state index in [1.54, 1.807) is 0 Å². The Labute approximate surface area is 162 Å². The maximum atomic E-state index is 12.8. The quantitative estimate of drug-likeness (QED) is 0.794.